The Morgan fingerprint density at radius 1 is 1.43 bits per heavy atom. The molecule has 0 unspecified atom stereocenters. The van der Waals surface area contributed by atoms with Gasteiger partial charge in [-0.2, -0.15) is 0 Å². The van der Waals surface area contributed by atoms with Crippen molar-refractivity contribution in [3.63, 3.8) is 0 Å². The molecular weight excluding hydrogens is 305 g/mol. The van der Waals surface area contributed by atoms with Crippen LogP contribution in [0.1, 0.15) is 10.4 Å². The summed E-state index contributed by atoms with van der Waals surface area (Å²) in [4.78, 5) is 25.4. The van der Waals surface area contributed by atoms with E-state index in [4.69, 9.17) is 11.6 Å². The maximum atomic E-state index is 13.1. The van der Waals surface area contributed by atoms with Gasteiger partial charge in [0.05, 0.1) is 22.4 Å². The molecule has 0 atom stereocenters. The van der Waals surface area contributed by atoms with Crippen LogP contribution in [0.4, 0.5) is 15.8 Å². The Hall–Kier alpha value is -2.74. The van der Waals surface area contributed by atoms with Crippen molar-refractivity contribution in [2.24, 2.45) is 0 Å². The molecule has 1 aromatic carbocycles. The summed E-state index contributed by atoms with van der Waals surface area (Å²) in [5, 5.41) is 22.2. The minimum absolute atomic E-state index is 0.200. The Kier molecular flexibility index (Phi) is 3.99. The molecule has 1 aromatic heterocycles. The van der Waals surface area contributed by atoms with E-state index in [9.17, 15) is 24.4 Å². The van der Waals surface area contributed by atoms with Crippen LogP contribution in [0.15, 0.2) is 30.5 Å². The lowest BCUT2D eigenvalue weighted by Gasteiger charge is -2.08. The second-order valence-corrected chi connectivity index (χ2v) is 4.26. The number of hydrogen-bond donors (Lipinski definition) is 2. The number of anilines is 1. The van der Waals surface area contributed by atoms with E-state index in [2.05, 4.69) is 10.3 Å². The van der Waals surface area contributed by atoms with Crippen LogP contribution < -0.4 is 5.32 Å². The highest BCUT2D eigenvalue weighted by atomic mass is 35.5. The molecule has 0 aliphatic rings. The van der Waals surface area contributed by atoms with Crippen molar-refractivity contribution in [1.29, 1.82) is 0 Å². The molecule has 0 radical (unpaired) electrons. The van der Waals surface area contributed by atoms with E-state index in [1.807, 2.05) is 0 Å². The molecule has 1 amide bonds. The maximum absolute atomic E-state index is 13.1. The van der Waals surface area contributed by atoms with Gasteiger partial charge in [-0.15, -0.1) is 0 Å². The Balaban J connectivity index is 2.33. The van der Waals surface area contributed by atoms with Gasteiger partial charge in [0.1, 0.15) is 16.7 Å². The summed E-state index contributed by atoms with van der Waals surface area (Å²) in [7, 11) is 0. The summed E-state index contributed by atoms with van der Waals surface area (Å²) in [5.41, 5.74) is -0.788. The van der Waals surface area contributed by atoms with Crippen LogP contribution in [0.25, 0.3) is 0 Å². The van der Waals surface area contributed by atoms with Crippen molar-refractivity contribution in [2.45, 2.75) is 0 Å². The van der Waals surface area contributed by atoms with E-state index >= 15 is 0 Å². The van der Waals surface area contributed by atoms with Gasteiger partial charge in [0.15, 0.2) is 0 Å². The van der Waals surface area contributed by atoms with Gasteiger partial charge in [0.2, 0.25) is 0 Å². The van der Waals surface area contributed by atoms with Crippen LogP contribution in [0, 0.1) is 15.9 Å². The second-order valence-electron chi connectivity index (χ2n) is 3.90. The van der Waals surface area contributed by atoms with Crippen LogP contribution in [-0.4, -0.2) is 20.9 Å². The molecule has 0 saturated carbocycles. The molecule has 0 bridgehead atoms. The van der Waals surface area contributed by atoms with Gasteiger partial charge in [-0.25, -0.2) is 9.37 Å². The van der Waals surface area contributed by atoms with E-state index in [0.717, 1.165) is 30.5 Å². The number of rotatable bonds is 3. The zero-order valence-electron chi connectivity index (χ0n) is 10.2. The highest BCUT2D eigenvalue weighted by Crippen LogP contribution is 2.28. The first-order chi connectivity index (χ1) is 9.88. The van der Waals surface area contributed by atoms with Crippen molar-refractivity contribution in [2.75, 3.05) is 5.32 Å². The first-order valence-electron chi connectivity index (χ1n) is 5.48. The van der Waals surface area contributed by atoms with Gasteiger partial charge in [-0.05, 0) is 12.1 Å². The van der Waals surface area contributed by atoms with Crippen molar-refractivity contribution in [3.05, 3.63) is 57.1 Å². The molecule has 9 heteroatoms. The van der Waals surface area contributed by atoms with E-state index in [0.29, 0.717) is 0 Å². The fraction of sp³-hybridized carbons (Fsp3) is 0. The summed E-state index contributed by atoms with van der Waals surface area (Å²) < 4.78 is 13.1. The summed E-state index contributed by atoms with van der Waals surface area (Å²) in [6.07, 6.45) is 0.837. The molecule has 0 aliphatic heterocycles. The predicted octanol–water partition coefficient (Wildman–Crippen LogP) is 2.74. The second kappa shape index (κ2) is 5.71. The van der Waals surface area contributed by atoms with Gasteiger partial charge in [0, 0.05) is 12.1 Å². The number of non-ortho nitro benzene ring substituents is 1. The fourth-order valence-corrected chi connectivity index (χ4v) is 1.70. The van der Waals surface area contributed by atoms with E-state index < -0.39 is 16.6 Å². The number of phenolic OH excluding ortho intramolecular Hbond substituents is 1. The zero-order chi connectivity index (χ0) is 15.6. The lowest BCUT2D eigenvalue weighted by molar-refractivity contribution is -0.384. The van der Waals surface area contributed by atoms with Gasteiger partial charge in [-0.1, -0.05) is 11.6 Å². The Labute approximate surface area is 122 Å². The van der Waals surface area contributed by atoms with Crippen LogP contribution in [0.5, 0.6) is 5.75 Å². The number of carbonyl (C=O) groups excluding carboxylic acids is 1. The van der Waals surface area contributed by atoms with Crippen LogP contribution in [-0.2, 0) is 0 Å². The predicted molar refractivity (Wildman–Crippen MR) is 71.9 cm³/mol. The zero-order valence-corrected chi connectivity index (χ0v) is 11.0. The topological polar surface area (TPSA) is 105 Å². The molecular formula is C12H7ClFN3O4. The molecule has 0 fully saturated rings. The van der Waals surface area contributed by atoms with E-state index in [-0.39, 0.29) is 27.8 Å². The van der Waals surface area contributed by atoms with Crippen LogP contribution >= 0.6 is 11.6 Å². The van der Waals surface area contributed by atoms with Gasteiger partial charge in [0.25, 0.3) is 11.6 Å². The average Bonchev–Trinajstić information content (AvgIpc) is 2.43. The Bertz CT molecular complexity index is 738. The SMILES string of the molecule is O=C(Nc1cc([N+](=O)[O-])ccc1O)c1cc(F)cnc1Cl. The summed E-state index contributed by atoms with van der Waals surface area (Å²) in [5.74, 6) is -2.01. The van der Waals surface area contributed by atoms with Gasteiger partial charge >= 0.3 is 0 Å². The molecule has 2 rings (SSSR count). The molecule has 21 heavy (non-hydrogen) atoms. The van der Waals surface area contributed by atoms with Gasteiger partial charge in [-0.3, -0.25) is 14.9 Å². The third-order valence-corrected chi connectivity index (χ3v) is 2.79. The normalized spacial score (nSPS) is 10.2. The number of benzene rings is 1. The monoisotopic (exact) mass is 311 g/mol. The summed E-state index contributed by atoms with van der Waals surface area (Å²) in [6, 6.07) is 3.95. The molecule has 0 saturated heterocycles. The number of aromatic nitrogens is 1. The fourth-order valence-electron chi connectivity index (χ4n) is 1.51. The third-order valence-electron chi connectivity index (χ3n) is 2.49. The number of aromatic hydroxyl groups is 1. The number of amides is 1. The molecule has 2 aromatic rings. The third kappa shape index (κ3) is 3.23. The highest BCUT2D eigenvalue weighted by molar-refractivity contribution is 6.33. The van der Waals surface area contributed by atoms with E-state index in [1.165, 1.54) is 0 Å². The smallest absolute Gasteiger partial charge is 0.271 e. The lowest BCUT2D eigenvalue weighted by atomic mass is 10.2. The van der Waals surface area contributed by atoms with Crippen molar-refractivity contribution >= 4 is 28.9 Å². The number of nitrogens with one attached hydrogen (secondary N) is 1. The van der Waals surface area contributed by atoms with Crippen molar-refractivity contribution in [1.82, 2.24) is 4.98 Å². The number of nitro benzene ring substituents is 1. The molecule has 1 heterocycles. The Morgan fingerprint density at radius 2 is 2.14 bits per heavy atom. The Morgan fingerprint density at radius 3 is 2.81 bits per heavy atom. The first-order valence-corrected chi connectivity index (χ1v) is 5.86. The average molecular weight is 312 g/mol. The minimum atomic E-state index is -0.859. The highest BCUT2D eigenvalue weighted by Gasteiger charge is 2.17. The van der Waals surface area contributed by atoms with Crippen molar-refractivity contribution in [3.8, 4) is 5.75 Å². The molecule has 7 nitrogen and oxygen atoms in total. The first kappa shape index (κ1) is 14.7. The number of nitro groups is 1. The maximum Gasteiger partial charge on any atom is 0.271 e. The van der Waals surface area contributed by atoms with Crippen molar-refractivity contribution < 1.29 is 19.2 Å². The van der Waals surface area contributed by atoms with Crippen LogP contribution in [0.3, 0.4) is 0 Å². The number of nitrogens with zero attached hydrogens (tertiary/aromatic N) is 2. The molecule has 0 spiro atoms. The lowest BCUT2D eigenvalue weighted by Crippen LogP contribution is -2.13. The largest absolute Gasteiger partial charge is 0.506 e. The quantitative estimate of drug-likeness (QED) is 0.392. The summed E-state index contributed by atoms with van der Waals surface area (Å²) in [6.45, 7) is 0. The number of phenols is 1. The van der Waals surface area contributed by atoms with E-state index in [1.54, 1.807) is 0 Å². The summed E-state index contributed by atoms with van der Waals surface area (Å²) >= 11 is 5.67. The molecule has 0 aliphatic carbocycles. The van der Waals surface area contributed by atoms with Gasteiger partial charge < -0.3 is 10.4 Å². The number of hydrogen-bond acceptors (Lipinski definition) is 5. The minimum Gasteiger partial charge on any atom is -0.506 e. The molecule has 108 valence electrons. The van der Waals surface area contributed by atoms with Crippen LogP contribution in [0.2, 0.25) is 5.15 Å². The standard InChI is InChI=1S/C12H7ClFN3O4/c13-11-8(3-6(14)5-15-11)12(19)16-9-4-7(17(20)21)1-2-10(9)18/h1-5,18H,(H,16,19). The molecule has 2 N–H and O–H groups in total. The number of halogens is 2. The number of pyridine rings is 1. The number of carbonyl (C=O) groups is 1.